The fraction of sp³-hybridized carbons (Fsp3) is 0.545. The average Bonchev–Trinajstić information content (AvgIpc) is 2.74. The summed E-state index contributed by atoms with van der Waals surface area (Å²) in [4.78, 5) is 34.4. The number of ether oxygens (including phenoxy) is 1. The third kappa shape index (κ3) is 4.21. The first-order valence-electron chi connectivity index (χ1n) is 10.5. The van der Waals surface area contributed by atoms with Crippen LogP contribution in [0.5, 0.6) is 0 Å². The first kappa shape index (κ1) is 20.8. The van der Waals surface area contributed by atoms with Gasteiger partial charge in [-0.05, 0) is 67.5 Å². The van der Waals surface area contributed by atoms with Gasteiger partial charge in [0, 0.05) is 25.1 Å². The van der Waals surface area contributed by atoms with Crippen molar-refractivity contribution in [2.45, 2.75) is 44.9 Å². The van der Waals surface area contributed by atoms with Gasteiger partial charge in [0.25, 0.3) is 5.91 Å². The molecule has 3 aliphatic rings. The van der Waals surface area contributed by atoms with E-state index in [-0.39, 0.29) is 23.0 Å². The topological polar surface area (TPSA) is 98.4 Å². The average molecular weight is 431 g/mol. The highest BCUT2D eigenvalue weighted by Gasteiger charge is 2.32. The molecular weight excluding hydrogens is 404 g/mol. The molecular formula is C22H27ClN4O3. The smallest absolute Gasteiger partial charge is 0.305 e. The van der Waals surface area contributed by atoms with Crippen molar-refractivity contribution < 1.29 is 14.3 Å². The summed E-state index contributed by atoms with van der Waals surface area (Å²) in [7, 11) is 1.45. The number of hydrogen-bond acceptors (Lipinski definition) is 6. The van der Waals surface area contributed by atoms with E-state index in [0.717, 1.165) is 37.8 Å². The Morgan fingerprint density at radius 1 is 1.30 bits per heavy atom. The van der Waals surface area contributed by atoms with E-state index in [1.807, 2.05) is 0 Å². The van der Waals surface area contributed by atoms with Crippen molar-refractivity contribution in [2.24, 2.45) is 17.8 Å². The molecule has 1 aromatic rings. The first-order chi connectivity index (χ1) is 14.5. The van der Waals surface area contributed by atoms with Gasteiger partial charge in [0.1, 0.15) is 11.4 Å². The van der Waals surface area contributed by atoms with E-state index in [4.69, 9.17) is 22.1 Å². The normalized spacial score (nSPS) is 26.2. The lowest BCUT2D eigenvalue weighted by Gasteiger charge is -2.35. The van der Waals surface area contributed by atoms with Crippen LogP contribution in [0.25, 0.3) is 0 Å². The number of carbonyl (C=O) groups is 2. The molecule has 0 radical (unpaired) electrons. The van der Waals surface area contributed by atoms with E-state index < -0.39 is 0 Å². The number of halogens is 1. The Hall–Kier alpha value is -2.41. The number of esters is 1. The number of carbonyl (C=O) groups excluding carboxylic acids is 2. The van der Waals surface area contributed by atoms with Crippen LogP contribution in [0.15, 0.2) is 23.9 Å². The molecule has 1 aromatic heterocycles. The fourth-order valence-corrected chi connectivity index (χ4v) is 5.12. The lowest BCUT2D eigenvalue weighted by Crippen LogP contribution is -2.38. The number of nitrogen functional groups attached to an aromatic ring is 1. The van der Waals surface area contributed by atoms with Crippen molar-refractivity contribution >= 4 is 29.3 Å². The van der Waals surface area contributed by atoms with Gasteiger partial charge < -0.3 is 15.4 Å². The predicted molar refractivity (Wildman–Crippen MR) is 114 cm³/mol. The first-order valence-corrected chi connectivity index (χ1v) is 10.9. The number of nitrogens with zero attached hydrogens (tertiary/aromatic N) is 3. The molecule has 8 heteroatoms. The van der Waals surface area contributed by atoms with Crippen LogP contribution >= 0.6 is 11.6 Å². The number of allylic oxidation sites excluding steroid dienone is 3. The number of fused-ring (bicyclic) bond motifs is 1. The number of hydrogen-bond donors (Lipinski definition) is 1. The van der Waals surface area contributed by atoms with Gasteiger partial charge in [-0.3, -0.25) is 9.59 Å². The lowest BCUT2D eigenvalue weighted by molar-refractivity contribution is -0.142. The maximum atomic E-state index is 13.0. The highest BCUT2D eigenvalue weighted by atomic mass is 35.5. The van der Waals surface area contributed by atoms with Crippen LogP contribution in [-0.2, 0) is 16.0 Å². The van der Waals surface area contributed by atoms with Gasteiger partial charge in [-0.1, -0.05) is 12.2 Å². The molecule has 0 spiro atoms. The zero-order chi connectivity index (χ0) is 21.3. The van der Waals surface area contributed by atoms with Gasteiger partial charge in [0.15, 0.2) is 0 Å². The minimum Gasteiger partial charge on any atom is -0.469 e. The van der Waals surface area contributed by atoms with E-state index >= 15 is 0 Å². The maximum Gasteiger partial charge on any atom is 0.305 e. The summed E-state index contributed by atoms with van der Waals surface area (Å²) in [6.45, 7) is 0.554. The van der Waals surface area contributed by atoms with Gasteiger partial charge in [-0.25, -0.2) is 9.97 Å². The number of methoxy groups -OCH3 is 1. The Kier molecular flexibility index (Phi) is 6.09. The second kappa shape index (κ2) is 8.76. The Morgan fingerprint density at radius 3 is 2.73 bits per heavy atom. The Balaban J connectivity index is 1.36. The van der Waals surface area contributed by atoms with Crippen LogP contribution in [0.3, 0.4) is 0 Å². The number of nitrogens with two attached hydrogens (primary N) is 1. The molecule has 0 saturated heterocycles. The standard InChI is InChI=1S/C22H27ClN4O3/c1-30-18(28)12-13-2-4-14(5-3-13)15-6-8-16(9-7-15)27-11-10-17-19(21(27)29)20(24)26-22(23)25-17/h6,8-9,13-15H,2-5,7,10-12H2,1H3,(H2,24,25,26)/t13?,14?,15-/m0/s1. The van der Waals surface area contributed by atoms with Crippen LogP contribution < -0.4 is 5.73 Å². The molecule has 0 aromatic carbocycles. The van der Waals surface area contributed by atoms with Gasteiger partial charge in [-0.15, -0.1) is 0 Å². The second-order valence-electron chi connectivity index (χ2n) is 8.36. The molecule has 1 amide bonds. The molecule has 160 valence electrons. The van der Waals surface area contributed by atoms with Crippen LogP contribution in [0.2, 0.25) is 5.28 Å². The van der Waals surface area contributed by atoms with Crippen LogP contribution in [0.4, 0.5) is 5.82 Å². The Morgan fingerprint density at radius 2 is 2.07 bits per heavy atom. The molecule has 2 N–H and O–H groups in total. The van der Waals surface area contributed by atoms with Crippen LogP contribution in [-0.4, -0.2) is 40.4 Å². The highest BCUT2D eigenvalue weighted by molar-refractivity contribution is 6.28. The van der Waals surface area contributed by atoms with E-state index in [1.54, 1.807) is 4.90 Å². The van der Waals surface area contributed by atoms with Gasteiger partial charge >= 0.3 is 5.97 Å². The number of amides is 1. The predicted octanol–water partition coefficient (Wildman–Crippen LogP) is 3.54. The molecule has 1 atom stereocenters. The Labute approximate surface area is 181 Å². The van der Waals surface area contributed by atoms with E-state index in [2.05, 4.69) is 28.2 Å². The molecule has 1 saturated carbocycles. The summed E-state index contributed by atoms with van der Waals surface area (Å²) < 4.78 is 4.80. The summed E-state index contributed by atoms with van der Waals surface area (Å²) in [5.41, 5.74) is 7.84. The largest absolute Gasteiger partial charge is 0.469 e. The van der Waals surface area contributed by atoms with Crippen molar-refractivity contribution in [3.05, 3.63) is 40.5 Å². The minimum absolute atomic E-state index is 0.0772. The summed E-state index contributed by atoms with van der Waals surface area (Å²) in [5.74, 6) is 1.41. The monoisotopic (exact) mass is 430 g/mol. The zero-order valence-electron chi connectivity index (χ0n) is 17.1. The quantitative estimate of drug-likeness (QED) is 0.579. The fourth-order valence-electron chi connectivity index (χ4n) is 4.92. The van der Waals surface area contributed by atoms with E-state index in [1.165, 1.54) is 7.11 Å². The third-order valence-electron chi connectivity index (χ3n) is 6.62. The molecule has 2 heterocycles. The number of anilines is 1. The van der Waals surface area contributed by atoms with Crippen LogP contribution in [0.1, 0.15) is 54.6 Å². The van der Waals surface area contributed by atoms with Gasteiger partial charge in [0.2, 0.25) is 5.28 Å². The number of rotatable bonds is 4. The number of aromatic nitrogens is 2. The van der Waals surface area contributed by atoms with E-state index in [0.29, 0.717) is 48.4 Å². The summed E-state index contributed by atoms with van der Waals surface area (Å²) >= 11 is 5.87. The highest BCUT2D eigenvalue weighted by Crippen LogP contribution is 2.39. The molecule has 1 fully saturated rings. The van der Waals surface area contributed by atoms with Crippen molar-refractivity contribution in [2.75, 3.05) is 19.4 Å². The summed E-state index contributed by atoms with van der Waals surface area (Å²) in [6.07, 6.45) is 12.9. The molecule has 0 unspecified atom stereocenters. The molecule has 0 bridgehead atoms. The van der Waals surface area contributed by atoms with Crippen molar-refractivity contribution in [3.8, 4) is 0 Å². The van der Waals surface area contributed by atoms with Crippen molar-refractivity contribution in [1.29, 1.82) is 0 Å². The Bertz CT molecular complexity index is 906. The molecule has 4 rings (SSSR count). The minimum atomic E-state index is -0.164. The van der Waals surface area contributed by atoms with Gasteiger partial charge in [-0.2, -0.15) is 0 Å². The lowest BCUT2D eigenvalue weighted by atomic mass is 9.73. The van der Waals surface area contributed by atoms with Gasteiger partial charge in [0.05, 0.1) is 12.8 Å². The summed E-state index contributed by atoms with van der Waals surface area (Å²) in [6, 6.07) is 0. The maximum absolute atomic E-state index is 13.0. The van der Waals surface area contributed by atoms with Crippen LogP contribution in [0, 0.1) is 17.8 Å². The third-order valence-corrected chi connectivity index (χ3v) is 6.79. The molecule has 2 aliphatic carbocycles. The SMILES string of the molecule is COC(=O)CC1CCC([C@H]2C=CC(N3CCc4nc(Cl)nc(N)c4C3=O)=CC2)CC1. The summed E-state index contributed by atoms with van der Waals surface area (Å²) in [5, 5.41) is 0.0772. The van der Waals surface area contributed by atoms with Crippen molar-refractivity contribution in [1.82, 2.24) is 14.9 Å². The molecule has 30 heavy (non-hydrogen) atoms. The second-order valence-corrected chi connectivity index (χ2v) is 8.69. The molecule has 7 nitrogen and oxygen atoms in total. The zero-order valence-corrected chi connectivity index (χ0v) is 17.9. The van der Waals surface area contributed by atoms with Crippen molar-refractivity contribution in [3.63, 3.8) is 0 Å². The van der Waals surface area contributed by atoms with E-state index in [9.17, 15) is 9.59 Å². The molecule has 1 aliphatic heterocycles.